The van der Waals surface area contributed by atoms with Gasteiger partial charge in [-0.1, -0.05) is 30.3 Å². The summed E-state index contributed by atoms with van der Waals surface area (Å²) in [5.41, 5.74) is 1.18. The molecule has 2 rings (SSSR count). The number of carboxylic acids is 1. The number of carboxylic acid groups (broad SMARTS) is 1. The van der Waals surface area contributed by atoms with Gasteiger partial charge < -0.3 is 5.11 Å². The zero-order valence-corrected chi connectivity index (χ0v) is 10.1. The lowest BCUT2D eigenvalue weighted by molar-refractivity contribution is -0.133. The van der Waals surface area contributed by atoms with E-state index in [-0.39, 0.29) is 5.75 Å². The maximum atomic E-state index is 10.4. The summed E-state index contributed by atoms with van der Waals surface area (Å²) in [6, 6.07) is 14.1. The minimum atomic E-state index is -0.778. The minimum Gasteiger partial charge on any atom is -0.481 e. The average molecular weight is 250 g/mol. The molecule has 0 radical (unpaired) electrons. The van der Waals surface area contributed by atoms with Gasteiger partial charge in [-0.3, -0.25) is 4.79 Å². The van der Waals surface area contributed by atoms with Gasteiger partial charge in [0.15, 0.2) is 0 Å². The van der Waals surface area contributed by atoms with Crippen molar-refractivity contribution >= 4 is 29.1 Å². The highest BCUT2D eigenvalue weighted by Gasteiger charge is 2.04. The number of rotatable bonds is 4. The molecule has 0 fully saturated rings. The number of thiophene rings is 1. The maximum Gasteiger partial charge on any atom is 0.313 e. The zero-order chi connectivity index (χ0) is 11.4. The molecule has 0 amide bonds. The SMILES string of the molecule is O=C(O)CSc1ccc(-c2ccccc2)s1. The first-order valence-corrected chi connectivity index (χ1v) is 6.56. The molecule has 1 N–H and O–H groups in total. The summed E-state index contributed by atoms with van der Waals surface area (Å²) < 4.78 is 1.04. The summed E-state index contributed by atoms with van der Waals surface area (Å²) in [6.07, 6.45) is 0. The molecule has 0 aliphatic heterocycles. The van der Waals surface area contributed by atoms with E-state index in [2.05, 4.69) is 12.1 Å². The molecule has 16 heavy (non-hydrogen) atoms. The van der Waals surface area contributed by atoms with Crippen molar-refractivity contribution in [3.63, 3.8) is 0 Å². The van der Waals surface area contributed by atoms with Crippen LogP contribution in [0, 0.1) is 0 Å². The molecule has 0 saturated carbocycles. The van der Waals surface area contributed by atoms with Crippen LogP contribution in [0.25, 0.3) is 10.4 Å². The Morgan fingerprint density at radius 2 is 1.94 bits per heavy atom. The van der Waals surface area contributed by atoms with Crippen molar-refractivity contribution in [2.75, 3.05) is 5.75 Å². The third-order valence-electron chi connectivity index (χ3n) is 1.98. The molecule has 2 nitrogen and oxygen atoms in total. The van der Waals surface area contributed by atoms with Gasteiger partial charge in [-0.05, 0) is 17.7 Å². The average Bonchev–Trinajstić information content (AvgIpc) is 2.76. The Labute approximate surface area is 102 Å². The molecular formula is C12H10O2S2. The number of benzene rings is 1. The van der Waals surface area contributed by atoms with E-state index in [9.17, 15) is 4.79 Å². The molecule has 0 saturated heterocycles. The van der Waals surface area contributed by atoms with Crippen molar-refractivity contribution in [2.45, 2.75) is 4.21 Å². The Morgan fingerprint density at radius 3 is 2.62 bits per heavy atom. The number of thioether (sulfide) groups is 1. The minimum absolute atomic E-state index is 0.120. The summed E-state index contributed by atoms with van der Waals surface area (Å²) in [5, 5.41) is 8.58. The highest BCUT2D eigenvalue weighted by atomic mass is 32.2. The molecule has 82 valence electrons. The monoisotopic (exact) mass is 250 g/mol. The van der Waals surface area contributed by atoms with Crippen LogP contribution in [-0.2, 0) is 4.79 Å². The second-order valence-electron chi connectivity index (χ2n) is 3.17. The Hall–Kier alpha value is -1.26. The Morgan fingerprint density at radius 1 is 1.19 bits per heavy atom. The largest absolute Gasteiger partial charge is 0.481 e. The normalized spacial score (nSPS) is 10.2. The first-order chi connectivity index (χ1) is 7.75. The topological polar surface area (TPSA) is 37.3 Å². The lowest BCUT2D eigenvalue weighted by atomic mass is 10.2. The Balaban J connectivity index is 2.11. The summed E-state index contributed by atoms with van der Waals surface area (Å²) in [7, 11) is 0. The number of hydrogen-bond donors (Lipinski definition) is 1. The second kappa shape index (κ2) is 5.18. The summed E-state index contributed by atoms with van der Waals surface area (Å²) >= 11 is 2.99. The molecule has 0 aliphatic rings. The predicted molar refractivity (Wildman–Crippen MR) is 68.1 cm³/mol. The van der Waals surface area contributed by atoms with E-state index in [0.29, 0.717) is 0 Å². The van der Waals surface area contributed by atoms with Crippen molar-refractivity contribution in [1.29, 1.82) is 0 Å². The van der Waals surface area contributed by atoms with Gasteiger partial charge in [-0.2, -0.15) is 0 Å². The van der Waals surface area contributed by atoms with Gasteiger partial charge in [0.2, 0.25) is 0 Å². The molecule has 1 aromatic heterocycles. The van der Waals surface area contributed by atoms with Crippen molar-refractivity contribution < 1.29 is 9.90 Å². The third-order valence-corrected chi connectivity index (χ3v) is 4.32. The molecule has 1 heterocycles. The van der Waals surface area contributed by atoms with Gasteiger partial charge in [-0.25, -0.2) is 0 Å². The first-order valence-electron chi connectivity index (χ1n) is 4.75. The zero-order valence-electron chi connectivity index (χ0n) is 8.42. The molecule has 0 atom stereocenters. The molecule has 2 aromatic rings. The van der Waals surface area contributed by atoms with Crippen LogP contribution in [0.4, 0.5) is 0 Å². The quantitative estimate of drug-likeness (QED) is 0.842. The molecule has 4 heteroatoms. The van der Waals surface area contributed by atoms with Crippen LogP contribution in [0.3, 0.4) is 0 Å². The van der Waals surface area contributed by atoms with Crippen LogP contribution in [0.15, 0.2) is 46.7 Å². The Kier molecular flexibility index (Phi) is 3.64. The molecule has 0 bridgehead atoms. The predicted octanol–water partition coefficient (Wildman–Crippen LogP) is 3.59. The summed E-state index contributed by atoms with van der Waals surface area (Å²) in [6.45, 7) is 0. The lowest BCUT2D eigenvalue weighted by Crippen LogP contribution is -1.96. The van der Waals surface area contributed by atoms with Gasteiger partial charge in [0.05, 0.1) is 9.96 Å². The standard InChI is InChI=1S/C12H10O2S2/c13-11(14)8-15-12-7-6-10(16-12)9-4-2-1-3-5-9/h1-7H,8H2,(H,13,14). The van der Waals surface area contributed by atoms with E-state index >= 15 is 0 Å². The van der Waals surface area contributed by atoms with Crippen LogP contribution in [0.2, 0.25) is 0 Å². The number of aliphatic carboxylic acids is 1. The van der Waals surface area contributed by atoms with Crippen molar-refractivity contribution in [3.05, 3.63) is 42.5 Å². The van der Waals surface area contributed by atoms with E-state index in [1.54, 1.807) is 11.3 Å². The third kappa shape index (κ3) is 2.87. The molecule has 0 aliphatic carbocycles. The van der Waals surface area contributed by atoms with Crippen molar-refractivity contribution in [2.24, 2.45) is 0 Å². The van der Waals surface area contributed by atoms with Gasteiger partial charge in [0.1, 0.15) is 0 Å². The van der Waals surface area contributed by atoms with Crippen molar-refractivity contribution in [1.82, 2.24) is 0 Å². The highest BCUT2D eigenvalue weighted by molar-refractivity contribution is 8.01. The number of carbonyl (C=O) groups is 1. The van der Waals surface area contributed by atoms with E-state index in [4.69, 9.17) is 5.11 Å². The van der Waals surface area contributed by atoms with Crippen molar-refractivity contribution in [3.8, 4) is 10.4 Å². The van der Waals surface area contributed by atoms with Gasteiger partial charge in [0, 0.05) is 4.88 Å². The molecular weight excluding hydrogens is 240 g/mol. The van der Waals surface area contributed by atoms with Gasteiger partial charge in [0.25, 0.3) is 0 Å². The van der Waals surface area contributed by atoms with E-state index in [0.717, 1.165) is 4.21 Å². The van der Waals surface area contributed by atoms with Crippen LogP contribution in [0.5, 0.6) is 0 Å². The smallest absolute Gasteiger partial charge is 0.313 e. The maximum absolute atomic E-state index is 10.4. The fraction of sp³-hybridized carbons (Fsp3) is 0.0833. The highest BCUT2D eigenvalue weighted by Crippen LogP contribution is 2.33. The van der Waals surface area contributed by atoms with Crippen LogP contribution < -0.4 is 0 Å². The number of hydrogen-bond acceptors (Lipinski definition) is 3. The van der Waals surface area contributed by atoms with E-state index in [1.807, 2.05) is 30.3 Å². The fourth-order valence-electron chi connectivity index (χ4n) is 1.29. The molecule has 0 spiro atoms. The lowest BCUT2D eigenvalue weighted by Gasteiger charge is -1.95. The van der Waals surface area contributed by atoms with Crippen LogP contribution >= 0.6 is 23.1 Å². The fourth-order valence-corrected chi connectivity index (χ4v) is 3.14. The van der Waals surface area contributed by atoms with E-state index in [1.165, 1.54) is 22.2 Å². The van der Waals surface area contributed by atoms with Crippen LogP contribution in [0.1, 0.15) is 0 Å². The summed E-state index contributed by atoms with van der Waals surface area (Å²) in [4.78, 5) is 11.6. The van der Waals surface area contributed by atoms with Gasteiger partial charge >= 0.3 is 5.97 Å². The van der Waals surface area contributed by atoms with Gasteiger partial charge in [-0.15, -0.1) is 23.1 Å². The Bertz CT molecular complexity index is 477. The van der Waals surface area contributed by atoms with Crippen LogP contribution in [-0.4, -0.2) is 16.8 Å². The molecule has 1 aromatic carbocycles. The second-order valence-corrected chi connectivity index (χ2v) is 5.53. The van der Waals surface area contributed by atoms with E-state index < -0.39 is 5.97 Å². The summed E-state index contributed by atoms with van der Waals surface area (Å²) in [5.74, 6) is -0.658. The first kappa shape index (κ1) is 11.2. The molecule has 0 unspecified atom stereocenters.